The Bertz CT molecular complexity index is 1500. The first-order valence-electron chi connectivity index (χ1n) is 11.4. The summed E-state index contributed by atoms with van der Waals surface area (Å²) in [6.07, 6.45) is 3.20. The van der Waals surface area contributed by atoms with Gasteiger partial charge in [0, 0.05) is 17.5 Å². The van der Waals surface area contributed by atoms with Crippen LogP contribution in [0.1, 0.15) is 26.6 Å². The summed E-state index contributed by atoms with van der Waals surface area (Å²) in [6, 6.07) is 17.5. The Hall–Kier alpha value is -4.17. The van der Waals surface area contributed by atoms with E-state index in [0.29, 0.717) is 35.2 Å². The lowest BCUT2D eigenvalue weighted by Gasteiger charge is -2.23. The summed E-state index contributed by atoms with van der Waals surface area (Å²) in [5, 5.41) is 0.999. The van der Waals surface area contributed by atoms with Crippen LogP contribution in [-0.2, 0) is 13.1 Å². The number of carbonyl (C=O) groups excluding carboxylic acids is 1. The number of fused-ring (bicyclic) bond motifs is 1. The van der Waals surface area contributed by atoms with Gasteiger partial charge in [0.15, 0.2) is 0 Å². The van der Waals surface area contributed by atoms with E-state index in [9.17, 15) is 4.79 Å². The van der Waals surface area contributed by atoms with Crippen molar-refractivity contribution in [1.82, 2.24) is 14.9 Å². The lowest BCUT2D eigenvalue weighted by atomic mass is 10.00. The maximum Gasteiger partial charge on any atom is 0.266 e. The number of hydrogen-bond acceptors (Lipinski definition) is 7. The molecule has 0 aliphatic rings. The van der Waals surface area contributed by atoms with Crippen LogP contribution >= 0.6 is 11.3 Å². The molecule has 0 aliphatic heterocycles. The predicted octanol–water partition coefficient (Wildman–Crippen LogP) is 6.12. The topological polar surface area (TPSA) is 77.7 Å². The number of thiazole rings is 1. The van der Waals surface area contributed by atoms with Crippen molar-refractivity contribution in [3.05, 3.63) is 94.3 Å². The second-order valence-corrected chi connectivity index (χ2v) is 9.20. The molecule has 7 nitrogen and oxygen atoms in total. The fourth-order valence-electron chi connectivity index (χ4n) is 4.22. The number of methoxy groups -OCH3 is 2. The van der Waals surface area contributed by atoms with Crippen LogP contribution in [0.4, 0.5) is 0 Å². The minimum Gasteiger partial charge on any atom is -0.497 e. The zero-order valence-corrected chi connectivity index (χ0v) is 21.0. The molecule has 36 heavy (non-hydrogen) atoms. The van der Waals surface area contributed by atoms with Crippen LogP contribution in [0.3, 0.4) is 0 Å². The number of amides is 1. The third-order valence-corrected chi connectivity index (χ3v) is 6.77. The number of pyridine rings is 1. The number of nitrogens with zero attached hydrogens (tertiary/aromatic N) is 3. The van der Waals surface area contributed by atoms with Crippen LogP contribution in [0.15, 0.2) is 77.0 Å². The number of furan rings is 1. The van der Waals surface area contributed by atoms with E-state index >= 15 is 0 Å². The Balaban J connectivity index is 1.67. The largest absolute Gasteiger partial charge is 0.497 e. The number of para-hydroxylation sites is 1. The molecule has 182 valence electrons. The van der Waals surface area contributed by atoms with Gasteiger partial charge >= 0.3 is 0 Å². The van der Waals surface area contributed by atoms with E-state index in [1.165, 1.54) is 11.3 Å². The molecule has 1 amide bonds. The summed E-state index contributed by atoms with van der Waals surface area (Å²) in [7, 11) is 3.26. The minimum absolute atomic E-state index is 0.123. The smallest absolute Gasteiger partial charge is 0.266 e. The van der Waals surface area contributed by atoms with Gasteiger partial charge in [-0.15, -0.1) is 11.3 Å². The molecule has 0 aliphatic carbocycles. The van der Waals surface area contributed by atoms with E-state index in [1.54, 1.807) is 37.1 Å². The highest BCUT2D eigenvalue weighted by Gasteiger charge is 2.23. The van der Waals surface area contributed by atoms with Crippen LogP contribution in [0, 0.1) is 6.92 Å². The van der Waals surface area contributed by atoms with Crippen LogP contribution in [0.25, 0.3) is 22.2 Å². The first kappa shape index (κ1) is 23.6. The van der Waals surface area contributed by atoms with E-state index in [-0.39, 0.29) is 5.91 Å². The summed E-state index contributed by atoms with van der Waals surface area (Å²) in [5.41, 5.74) is 6.02. The van der Waals surface area contributed by atoms with Crippen LogP contribution in [0.5, 0.6) is 11.5 Å². The molecule has 5 rings (SSSR count). The summed E-state index contributed by atoms with van der Waals surface area (Å²) in [5.74, 6) is 1.93. The predicted molar refractivity (Wildman–Crippen MR) is 139 cm³/mol. The Morgan fingerprint density at radius 3 is 2.67 bits per heavy atom. The van der Waals surface area contributed by atoms with E-state index in [4.69, 9.17) is 18.9 Å². The second-order valence-electron chi connectivity index (χ2n) is 8.32. The van der Waals surface area contributed by atoms with Crippen LogP contribution in [-0.4, -0.2) is 35.0 Å². The van der Waals surface area contributed by atoms with Crippen molar-refractivity contribution in [1.29, 1.82) is 0 Å². The molecule has 2 aromatic carbocycles. The Labute approximate surface area is 212 Å². The molecule has 0 spiro atoms. The summed E-state index contributed by atoms with van der Waals surface area (Å²) < 4.78 is 16.8. The van der Waals surface area contributed by atoms with Crippen molar-refractivity contribution in [3.8, 4) is 22.8 Å². The Morgan fingerprint density at radius 2 is 1.94 bits per heavy atom. The zero-order valence-electron chi connectivity index (χ0n) is 20.2. The average molecular weight is 500 g/mol. The quantitative estimate of drug-likeness (QED) is 0.256. The molecule has 0 bridgehead atoms. The summed E-state index contributed by atoms with van der Waals surface area (Å²) in [4.78, 5) is 25.0. The molecule has 8 heteroatoms. The lowest BCUT2D eigenvalue weighted by molar-refractivity contribution is 0.0722. The minimum atomic E-state index is -0.123. The fraction of sp³-hybridized carbons (Fsp3) is 0.179. The third kappa shape index (κ3) is 4.67. The number of rotatable bonds is 8. The first-order chi connectivity index (χ1) is 17.6. The number of aromatic nitrogens is 2. The van der Waals surface area contributed by atoms with Crippen molar-refractivity contribution < 1.29 is 18.7 Å². The van der Waals surface area contributed by atoms with Crippen LogP contribution < -0.4 is 9.47 Å². The molecule has 0 saturated heterocycles. The standard InChI is InChI=1S/C28H25N3O4S/c1-18-6-4-7-19-12-20(27(30-26(18)19)23-13-21(33-2)9-10-24(23)34-3)15-31(16-22-8-5-11-35-22)28(32)25-14-29-17-36-25/h4-14,17H,15-16H2,1-3H3. The zero-order chi connectivity index (χ0) is 25.1. The summed E-state index contributed by atoms with van der Waals surface area (Å²) >= 11 is 1.31. The molecule has 3 heterocycles. The Kier molecular flexibility index (Phi) is 6.69. The van der Waals surface area contributed by atoms with E-state index < -0.39 is 0 Å². The molecule has 0 N–H and O–H groups in total. The van der Waals surface area contributed by atoms with Gasteiger partial charge < -0.3 is 18.8 Å². The van der Waals surface area contributed by atoms with Gasteiger partial charge in [0.25, 0.3) is 5.91 Å². The van der Waals surface area contributed by atoms with Gasteiger partial charge in [-0.25, -0.2) is 4.98 Å². The molecule has 0 atom stereocenters. The van der Waals surface area contributed by atoms with E-state index in [1.807, 2.05) is 55.5 Å². The van der Waals surface area contributed by atoms with Gasteiger partial charge in [0.05, 0.1) is 49.9 Å². The maximum atomic E-state index is 13.5. The molecule has 5 aromatic rings. The highest BCUT2D eigenvalue weighted by atomic mass is 32.1. The molecular formula is C28H25N3O4S. The Morgan fingerprint density at radius 1 is 1.06 bits per heavy atom. The number of carbonyl (C=O) groups is 1. The average Bonchev–Trinajstić information content (AvgIpc) is 3.62. The van der Waals surface area contributed by atoms with Gasteiger partial charge in [-0.2, -0.15) is 0 Å². The van der Waals surface area contributed by atoms with Gasteiger partial charge in [-0.1, -0.05) is 18.2 Å². The van der Waals surface area contributed by atoms with Crippen molar-refractivity contribution in [3.63, 3.8) is 0 Å². The van der Waals surface area contributed by atoms with Gasteiger partial charge in [0.1, 0.15) is 22.1 Å². The highest BCUT2D eigenvalue weighted by Crippen LogP contribution is 2.37. The monoisotopic (exact) mass is 499 g/mol. The molecule has 0 unspecified atom stereocenters. The molecule has 3 aromatic heterocycles. The van der Waals surface area contributed by atoms with Crippen molar-refractivity contribution in [2.24, 2.45) is 0 Å². The maximum absolute atomic E-state index is 13.5. The first-order valence-corrected chi connectivity index (χ1v) is 12.3. The lowest BCUT2D eigenvalue weighted by Crippen LogP contribution is -2.29. The van der Waals surface area contributed by atoms with Gasteiger partial charge in [0.2, 0.25) is 0 Å². The van der Waals surface area contributed by atoms with Crippen LogP contribution in [0.2, 0.25) is 0 Å². The molecular weight excluding hydrogens is 474 g/mol. The second kappa shape index (κ2) is 10.2. The number of ether oxygens (including phenoxy) is 2. The summed E-state index contributed by atoms with van der Waals surface area (Å²) in [6.45, 7) is 2.66. The highest BCUT2D eigenvalue weighted by molar-refractivity contribution is 7.11. The van der Waals surface area contributed by atoms with Gasteiger partial charge in [-0.05, 0) is 54.4 Å². The third-order valence-electron chi connectivity index (χ3n) is 6.01. The normalized spacial score (nSPS) is 11.0. The van der Waals surface area contributed by atoms with Crippen molar-refractivity contribution in [2.45, 2.75) is 20.0 Å². The number of hydrogen-bond donors (Lipinski definition) is 0. The molecule has 0 saturated carbocycles. The van der Waals surface area contributed by atoms with E-state index in [0.717, 1.165) is 33.3 Å². The molecule has 0 radical (unpaired) electrons. The number of benzene rings is 2. The van der Waals surface area contributed by atoms with Gasteiger partial charge in [-0.3, -0.25) is 9.78 Å². The van der Waals surface area contributed by atoms with Crippen molar-refractivity contribution in [2.75, 3.05) is 14.2 Å². The van der Waals surface area contributed by atoms with Crippen molar-refractivity contribution >= 4 is 28.1 Å². The SMILES string of the molecule is COc1ccc(OC)c(-c2nc3c(C)cccc3cc2CN(Cc2ccco2)C(=O)c2cncs2)c1. The number of aryl methyl sites for hydroxylation is 1. The van der Waals surface area contributed by atoms with E-state index in [2.05, 4.69) is 11.1 Å². The molecule has 0 fully saturated rings. The fourth-order valence-corrected chi connectivity index (χ4v) is 4.80.